The van der Waals surface area contributed by atoms with Crippen molar-refractivity contribution in [1.82, 2.24) is 0 Å². The van der Waals surface area contributed by atoms with E-state index in [2.05, 4.69) is 6.92 Å². The van der Waals surface area contributed by atoms with Gasteiger partial charge in [-0.2, -0.15) is 0 Å². The first-order valence-electron chi connectivity index (χ1n) is 9.11. The van der Waals surface area contributed by atoms with E-state index in [1.165, 1.54) is 32.1 Å². The zero-order valence-electron chi connectivity index (χ0n) is 14.2. The van der Waals surface area contributed by atoms with Crippen molar-refractivity contribution >= 4 is 17.6 Å². The molecule has 2 N–H and O–H groups in total. The second-order valence-corrected chi connectivity index (χ2v) is 6.90. The van der Waals surface area contributed by atoms with Gasteiger partial charge < -0.3 is 10.2 Å². The number of carboxylic acid groups (broad SMARTS) is 1. The van der Waals surface area contributed by atoms with E-state index >= 15 is 0 Å². The number of hydrogen-bond donors (Lipinski definition) is 2. The Balaban J connectivity index is 3.38. The molecular formula is C18H35ClO3. The number of unbranched alkanes of at least 4 members (excludes halogenated alkanes) is 9. The number of aliphatic hydroxyl groups excluding tert-OH is 1. The molecule has 0 aliphatic heterocycles. The van der Waals surface area contributed by atoms with E-state index in [9.17, 15) is 9.90 Å². The molecule has 0 saturated carbocycles. The van der Waals surface area contributed by atoms with Crippen molar-refractivity contribution in [2.45, 2.75) is 108 Å². The van der Waals surface area contributed by atoms with Gasteiger partial charge in [-0.3, -0.25) is 4.79 Å². The van der Waals surface area contributed by atoms with Gasteiger partial charge in [-0.25, -0.2) is 0 Å². The number of aliphatic hydroxyl groups is 1. The largest absolute Gasteiger partial charge is 0.481 e. The summed E-state index contributed by atoms with van der Waals surface area (Å²) in [6.45, 7) is 2.22. The van der Waals surface area contributed by atoms with Gasteiger partial charge in [0.2, 0.25) is 0 Å². The number of carboxylic acids is 1. The van der Waals surface area contributed by atoms with E-state index < -0.39 is 12.1 Å². The van der Waals surface area contributed by atoms with Crippen LogP contribution < -0.4 is 0 Å². The Morgan fingerprint density at radius 1 is 0.864 bits per heavy atom. The van der Waals surface area contributed by atoms with E-state index in [0.717, 1.165) is 51.4 Å². The summed E-state index contributed by atoms with van der Waals surface area (Å²) in [5.41, 5.74) is 0. The molecule has 2 atom stereocenters. The van der Waals surface area contributed by atoms with Gasteiger partial charge in [-0.15, -0.1) is 11.6 Å². The van der Waals surface area contributed by atoms with Crippen molar-refractivity contribution in [3.05, 3.63) is 0 Å². The Bertz CT molecular complexity index is 259. The number of alkyl halides is 1. The molecule has 132 valence electrons. The number of aliphatic carboxylic acids is 1. The Labute approximate surface area is 141 Å². The predicted octanol–water partition coefficient (Wildman–Crippen LogP) is 5.52. The highest BCUT2D eigenvalue weighted by molar-refractivity contribution is 6.21. The lowest BCUT2D eigenvalue weighted by Gasteiger charge is -2.16. The van der Waals surface area contributed by atoms with E-state index in [4.69, 9.17) is 16.7 Å². The minimum atomic E-state index is -0.713. The zero-order valence-corrected chi connectivity index (χ0v) is 15.0. The van der Waals surface area contributed by atoms with Crippen LogP contribution in [-0.2, 0) is 4.79 Å². The average Bonchev–Trinajstić information content (AvgIpc) is 2.49. The summed E-state index contributed by atoms with van der Waals surface area (Å²) < 4.78 is 0. The minimum Gasteiger partial charge on any atom is -0.481 e. The van der Waals surface area contributed by atoms with Crippen molar-refractivity contribution in [1.29, 1.82) is 0 Å². The van der Waals surface area contributed by atoms with Crippen molar-refractivity contribution < 1.29 is 15.0 Å². The van der Waals surface area contributed by atoms with Gasteiger partial charge in [0.25, 0.3) is 0 Å². The smallest absolute Gasteiger partial charge is 0.303 e. The van der Waals surface area contributed by atoms with Crippen LogP contribution in [0.2, 0.25) is 0 Å². The van der Waals surface area contributed by atoms with Crippen LogP contribution in [0.3, 0.4) is 0 Å². The molecule has 0 amide bonds. The van der Waals surface area contributed by atoms with Crippen LogP contribution in [0.25, 0.3) is 0 Å². The van der Waals surface area contributed by atoms with Crippen LogP contribution in [0.5, 0.6) is 0 Å². The van der Waals surface area contributed by atoms with Gasteiger partial charge in [0.15, 0.2) is 0 Å². The van der Waals surface area contributed by atoms with Gasteiger partial charge in [0.05, 0.1) is 11.5 Å². The molecule has 2 unspecified atom stereocenters. The van der Waals surface area contributed by atoms with Gasteiger partial charge >= 0.3 is 5.97 Å². The first-order chi connectivity index (χ1) is 10.6. The number of rotatable bonds is 16. The summed E-state index contributed by atoms with van der Waals surface area (Å²) in [6, 6.07) is 0. The van der Waals surface area contributed by atoms with Gasteiger partial charge in [0.1, 0.15) is 0 Å². The fraction of sp³-hybridized carbons (Fsp3) is 0.944. The quantitative estimate of drug-likeness (QED) is 0.288. The third kappa shape index (κ3) is 14.6. The molecule has 0 aromatic heterocycles. The Morgan fingerprint density at radius 3 is 1.95 bits per heavy atom. The van der Waals surface area contributed by atoms with Crippen LogP contribution in [0.1, 0.15) is 96.8 Å². The lowest BCUT2D eigenvalue weighted by Crippen LogP contribution is -2.20. The van der Waals surface area contributed by atoms with Gasteiger partial charge in [-0.05, 0) is 19.3 Å². The van der Waals surface area contributed by atoms with E-state index in [0.29, 0.717) is 0 Å². The molecular weight excluding hydrogens is 300 g/mol. The summed E-state index contributed by atoms with van der Waals surface area (Å²) in [6.07, 6.45) is 13.9. The van der Waals surface area contributed by atoms with E-state index in [-0.39, 0.29) is 11.8 Å². The minimum absolute atomic E-state index is 0.113. The van der Waals surface area contributed by atoms with E-state index in [1.807, 2.05) is 0 Å². The topological polar surface area (TPSA) is 57.5 Å². The Hall–Kier alpha value is -0.280. The first kappa shape index (κ1) is 21.7. The lowest BCUT2D eigenvalue weighted by molar-refractivity contribution is -0.137. The molecule has 0 radical (unpaired) electrons. The average molecular weight is 335 g/mol. The molecule has 0 aromatic rings. The first-order valence-corrected chi connectivity index (χ1v) is 9.55. The molecule has 0 heterocycles. The maximum Gasteiger partial charge on any atom is 0.303 e. The summed E-state index contributed by atoms with van der Waals surface area (Å²) in [5, 5.41) is 18.4. The van der Waals surface area contributed by atoms with Crippen molar-refractivity contribution in [2.24, 2.45) is 0 Å². The standard InChI is InChI=1S/C18H35ClO3/c1-2-3-4-5-7-10-13-16(19)17(20)14-11-8-6-9-12-15-18(21)22/h16-17,20H,2-15H2,1H3,(H,21,22). The molecule has 0 spiro atoms. The molecule has 4 heteroatoms. The third-order valence-electron chi connectivity index (χ3n) is 4.14. The van der Waals surface area contributed by atoms with Crippen LogP contribution in [-0.4, -0.2) is 27.7 Å². The summed E-state index contributed by atoms with van der Waals surface area (Å²) in [4.78, 5) is 10.4. The number of hydrogen-bond acceptors (Lipinski definition) is 2. The highest BCUT2D eigenvalue weighted by atomic mass is 35.5. The van der Waals surface area contributed by atoms with E-state index in [1.54, 1.807) is 0 Å². The van der Waals surface area contributed by atoms with Crippen molar-refractivity contribution in [2.75, 3.05) is 0 Å². The maximum atomic E-state index is 10.4. The third-order valence-corrected chi connectivity index (χ3v) is 4.65. The summed E-state index contributed by atoms with van der Waals surface area (Å²) in [7, 11) is 0. The monoisotopic (exact) mass is 334 g/mol. The van der Waals surface area contributed by atoms with Gasteiger partial charge in [0, 0.05) is 6.42 Å². The molecule has 0 bridgehead atoms. The van der Waals surface area contributed by atoms with Crippen molar-refractivity contribution in [3.8, 4) is 0 Å². The molecule has 3 nitrogen and oxygen atoms in total. The normalized spacial score (nSPS) is 14.0. The lowest BCUT2D eigenvalue weighted by atomic mass is 10.0. The van der Waals surface area contributed by atoms with Gasteiger partial charge in [-0.1, -0.05) is 71.1 Å². The molecule has 0 aliphatic carbocycles. The second kappa shape index (κ2) is 15.6. The van der Waals surface area contributed by atoms with Crippen LogP contribution in [0.4, 0.5) is 0 Å². The zero-order chi connectivity index (χ0) is 16.6. The maximum absolute atomic E-state index is 10.4. The van der Waals surface area contributed by atoms with Crippen molar-refractivity contribution in [3.63, 3.8) is 0 Å². The van der Waals surface area contributed by atoms with Crippen LogP contribution >= 0.6 is 11.6 Å². The summed E-state index contributed by atoms with van der Waals surface area (Å²) in [5.74, 6) is -0.713. The van der Waals surface area contributed by atoms with Crippen LogP contribution in [0.15, 0.2) is 0 Å². The highest BCUT2D eigenvalue weighted by Gasteiger charge is 2.15. The Morgan fingerprint density at radius 2 is 1.36 bits per heavy atom. The fourth-order valence-electron chi connectivity index (χ4n) is 2.65. The molecule has 0 fully saturated rings. The number of halogens is 1. The summed E-state index contributed by atoms with van der Waals surface area (Å²) >= 11 is 6.25. The molecule has 0 aromatic carbocycles. The number of carbonyl (C=O) groups is 1. The fourth-order valence-corrected chi connectivity index (χ4v) is 2.93. The predicted molar refractivity (Wildman–Crippen MR) is 93.6 cm³/mol. The SMILES string of the molecule is CCCCCCCCC(Cl)C(O)CCCCCCCC(=O)O. The second-order valence-electron chi connectivity index (χ2n) is 6.34. The Kier molecular flexibility index (Phi) is 15.4. The highest BCUT2D eigenvalue weighted by Crippen LogP contribution is 2.18. The molecule has 0 rings (SSSR count). The molecule has 22 heavy (non-hydrogen) atoms. The molecule has 0 aliphatic rings. The van der Waals surface area contributed by atoms with Crippen LogP contribution in [0, 0.1) is 0 Å². The molecule has 0 saturated heterocycles.